The summed E-state index contributed by atoms with van der Waals surface area (Å²) in [6.07, 6.45) is -10.1. The predicted octanol–water partition coefficient (Wildman–Crippen LogP) is 4.41. The molecule has 0 saturated carbocycles. The number of nitrogens with one attached hydrogen (secondary N) is 2. The Morgan fingerprint density at radius 2 is 1.41 bits per heavy atom. The lowest BCUT2D eigenvalue weighted by atomic mass is 10.1. The maximum Gasteiger partial charge on any atom is 0.416 e. The number of fused-ring (bicyclic) bond motifs is 1. The summed E-state index contributed by atoms with van der Waals surface area (Å²) in [6.45, 7) is -0.0576. The molecular weight excluding hydrogens is 410 g/mol. The van der Waals surface area contributed by atoms with Gasteiger partial charge in [0.05, 0.1) is 11.1 Å². The number of carbonyl (C=O) groups is 2. The number of rotatable bonds is 2. The number of alkyl halides is 6. The number of ether oxygens (including phenoxy) is 2. The maximum atomic E-state index is 12.8. The zero-order valence-corrected chi connectivity index (χ0v) is 14.1. The van der Waals surface area contributed by atoms with Crippen LogP contribution in [0.25, 0.3) is 0 Å². The molecule has 29 heavy (non-hydrogen) atoms. The minimum Gasteiger partial charge on any atom is -0.454 e. The van der Waals surface area contributed by atoms with E-state index in [4.69, 9.17) is 9.47 Å². The van der Waals surface area contributed by atoms with Crippen LogP contribution >= 0.6 is 0 Å². The van der Waals surface area contributed by atoms with Crippen LogP contribution < -0.4 is 20.1 Å². The van der Waals surface area contributed by atoms with E-state index in [9.17, 15) is 35.9 Å². The first-order valence-corrected chi connectivity index (χ1v) is 7.75. The van der Waals surface area contributed by atoms with Gasteiger partial charge < -0.3 is 14.8 Å². The highest BCUT2D eigenvalue weighted by Crippen LogP contribution is 2.37. The standard InChI is InChI=1S/C17H10F6N2O4/c18-16(19,20)9-4-10(17(21,22)23)6-11(5-9)24-15(27)25-14(26)8-1-2-12-13(3-8)29-7-28-12/h1-6H,7H2,(H2,24,25,26,27). The molecule has 0 radical (unpaired) electrons. The monoisotopic (exact) mass is 420 g/mol. The summed E-state index contributed by atoms with van der Waals surface area (Å²) >= 11 is 0. The van der Waals surface area contributed by atoms with Crippen LogP contribution in [-0.2, 0) is 12.4 Å². The van der Waals surface area contributed by atoms with Crippen molar-refractivity contribution in [3.8, 4) is 11.5 Å². The number of anilines is 1. The summed E-state index contributed by atoms with van der Waals surface area (Å²) < 4.78 is 87.2. The van der Waals surface area contributed by atoms with E-state index in [1.165, 1.54) is 18.2 Å². The first-order chi connectivity index (χ1) is 13.4. The van der Waals surface area contributed by atoms with Gasteiger partial charge in [-0.3, -0.25) is 10.1 Å². The molecule has 12 heteroatoms. The van der Waals surface area contributed by atoms with Crippen molar-refractivity contribution in [2.24, 2.45) is 0 Å². The Bertz CT molecular complexity index is 939. The fourth-order valence-electron chi connectivity index (χ4n) is 2.40. The Labute approximate surface area is 158 Å². The molecule has 0 bridgehead atoms. The molecule has 0 aromatic heterocycles. The molecule has 0 unspecified atom stereocenters. The van der Waals surface area contributed by atoms with E-state index in [0.717, 1.165) is 0 Å². The number of amides is 3. The van der Waals surface area contributed by atoms with Gasteiger partial charge in [0.25, 0.3) is 5.91 Å². The van der Waals surface area contributed by atoms with Gasteiger partial charge in [0.15, 0.2) is 11.5 Å². The zero-order valence-electron chi connectivity index (χ0n) is 14.1. The minimum atomic E-state index is -5.07. The number of hydrogen-bond donors (Lipinski definition) is 2. The van der Waals surface area contributed by atoms with Gasteiger partial charge in [-0.05, 0) is 36.4 Å². The number of imide groups is 1. The highest BCUT2D eigenvalue weighted by atomic mass is 19.4. The molecule has 0 aliphatic carbocycles. The molecule has 0 fully saturated rings. The smallest absolute Gasteiger partial charge is 0.416 e. The molecule has 3 rings (SSSR count). The van der Waals surface area contributed by atoms with Crippen molar-refractivity contribution in [1.29, 1.82) is 0 Å². The summed E-state index contributed by atoms with van der Waals surface area (Å²) in [5.41, 5.74) is -4.04. The third kappa shape index (κ3) is 4.70. The largest absolute Gasteiger partial charge is 0.454 e. The second kappa shape index (κ2) is 7.18. The Morgan fingerprint density at radius 3 is 2.00 bits per heavy atom. The zero-order chi connectivity index (χ0) is 21.4. The Hall–Kier alpha value is -3.44. The fraction of sp³-hybridized carbons (Fsp3) is 0.176. The van der Waals surface area contributed by atoms with Gasteiger partial charge in [0.1, 0.15) is 0 Å². The average molecular weight is 420 g/mol. The second-order valence-corrected chi connectivity index (χ2v) is 5.77. The lowest BCUT2D eigenvalue weighted by Gasteiger charge is -2.15. The quantitative estimate of drug-likeness (QED) is 0.706. The van der Waals surface area contributed by atoms with Crippen molar-refractivity contribution < 1.29 is 45.4 Å². The molecule has 2 aromatic carbocycles. The number of halogens is 6. The molecule has 154 valence electrons. The van der Waals surface area contributed by atoms with Crippen LogP contribution in [0.15, 0.2) is 36.4 Å². The van der Waals surface area contributed by atoms with Gasteiger partial charge in [0, 0.05) is 11.3 Å². The van der Waals surface area contributed by atoms with Gasteiger partial charge in [-0.25, -0.2) is 4.79 Å². The first-order valence-electron chi connectivity index (χ1n) is 7.75. The summed E-state index contributed by atoms with van der Waals surface area (Å²) in [5, 5.41) is 3.60. The Balaban J connectivity index is 1.77. The molecule has 0 spiro atoms. The van der Waals surface area contributed by atoms with E-state index < -0.39 is 41.1 Å². The molecule has 1 heterocycles. The maximum absolute atomic E-state index is 12.8. The summed E-state index contributed by atoms with van der Waals surface area (Å²) in [4.78, 5) is 24.0. The third-order valence-corrected chi connectivity index (χ3v) is 3.71. The summed E-state index contributed by atoms with van der Waals surface area (Å²) in [7, 11) is 0. The predicted molar refractivity (Wildman–Crippen MR) is 85.5 cm³/mol. The van der Waals surface area contributed by atoms with Crippen LogP contribution in [0.3, 0.4) is 0 Å². The number of hydrogen-bond acceptors (Lipinski definition) is 4. The molecule has 3 amide bonds. The Kier molecular flexibility index (Phi) is 5.03. The number of urea groups is 1. The molecular formula is C17H10F6N2O4. The van der Waals surface area contributed by atoms with E-state index in [1.54, 1.807) is 10.6 Å². The lowest BCUT2D eigenvalue weighted by Crippen LogP contribution is -2.34. The summed E-state index contributed by atoms with van der Waals surface area (Å²) in [5.74, 6) is -0.343. The molecule has 2 N–H and O–H groups in total. The molecule has 1 aliphatic heterocycles. The third-order valence-electron chi connectivity index (χ3n) is 3.71. The van der Waals surface area contributed by atoms with Gasteiger partial charge in [-0.15, -0.1) is 0 Å². The van der Waals surface area contributed by atoms with Crippen molar-refractivity contribution in [2.75, 3.05) is 12.1 Å². The van der Waals surface area contributed by atoms with E-state index in [2.05, 4.69) is 0 Å². The van der Waals surface area contributed by atoms with Gasteiger partial charge in [0.2, 0.25) is 6.79 Å². The molecule has 2 aromatic rings. The molecule has 1 aliphatic rings. The Morgan fingerprint density at radius 1 is 0.828 bits per heavy atom. The molecule has 0 saturated heterocycles. The molecule has 0 atom stereocenters. The van der Waals surface area contributed by atoms with Gasteiger partial charge in [-0.2, -0.15) is 26.3 Å². The normalized spacial score (nSPS) is 13.2. The number of carbonyl (C=O) groups excluding carboxylic acids is 2. The highest BCUT2D eigenvalue weighted by Gasteiger charge is 2.37. The van der Waals surface area contributed by atoms with Crippen molar-refractivity contribution in [2.45, 2.75) is 12.4 Å². The topological polar surface area (TPSA) is 76.7 Å². The van der Waals surface area contributed by atoms with Crippen LogP contribution in [0, 0.1) is 0 Å². The van der Waals surface area contributed by atoms with Crippen LogP contribution in [-0.4, -0.2) is 18.7 Å². The highest BCUT2D eigenvalue weighted by molar-refractivity contribution is 6.08. The van der Waals surface area contributed by atoms with Gasteiger partial charge in [-0.1, -0.05) is 0 Å². The van der Waals surface area contributed by atoms with Crippen LogP contribution in [0.4, 0.5) is 36.8 Å². The van der Waals surface area contributed by atoms with Crippen LogP contribution in [0.1, 0.15) is 21.5 Å². The van der Waals surface area contributed by atoms with Crippen LogP contribution in [0.5, 0.6) is 11.5 Å². The van der Waals surface area contributed by atoms with Crippen LogP contribution in [0.2, 0.25) is 0 Å². The molecule has 6 nitrogen and oxygen atoms in total. The average Bonchev–Trinajstić information content (AvgIpc) is 3.07. The number of benzene rings is 2. The lowest BCUT2D eigenvalue weighted by molar-refractivity contribution is -0.143. The van der Waals surface area contributed by atoms with E-state index in [0.29, 0.717) is 17.9 Å². The SMILES string of the molecule is O=C(NC(=O)c1ccc2c(c1)OCO2)Nc1cc(C(F)(F)F)cc(C(F)(F)F)c1. The second-order valence-electron chi connectivity index (χ2n) is 5.77. The van der Waals surface area contributed by atoms with E-state index in [-0.39, 0.29) is 24.2 Å². The van der Waals surface area contributed by atoms with Crippen molar-refractivity contribution in [3.63, 3.8) is 0 Å². The first kappa shape index (κ1) is 20.3. The van der Waals surface area contributed by atoms with E-state index in [1.807, 2.05) is 0 Å². The minimum absolute atomic E-state index is 0.0376. The van der Waals surface area contributed by atoms with Crippen molar-refractivity contribution >= 4 is 17.6 Å². The van der Waals surface area contributed by atoms with Crippen molar-refractivity contribution in [1.82, 2.24) is 5.32 Å². The fourth-order valence-corrected chi connectivity index (χ4v) is 2.40. The summed E-state index contributed by atoms with van der Waals surface area (Å²) in [6, 6.07) is 3.19. The van der Waals surface area contributed by atoms with Crippen molar-refractivity contribution in [3.05, 3.63) is 53.1 Å². The van der Waals surface area contributed by atoms with Gasteiger partial charge >= 0.3 is 18.4 Å². The van der Waals surface area contributed by atoms with E-state index >= 15 is 0 Å².